The van der Waals surface area contributed by atoms with Crippen molar-refractivity contribution in [2.75, 3.05) is 11.1 Å². The van der Waals surface area contributed by atoms with Gasteiger partial charge in [0, 0.05) is 11.1 Å². The Morgan fingerprint density at radius 2 is 2.04 bits per heavy atom. The first-order valence-corrected chi connectivity index (χ1v) is 8.62. The molecule has 0 bridgehead atoms. The normalized spacial score (nSPS) is 11.6. The Kier molecular flexibility index (Phi) is 6.63. The third kappa shape index (κ3) is 5.54. The van der Waals surface area contributed by atoms with Gasteiger partial charge in [0.15, 0.2) is 6.10 Å². The average molecular weight is 365 g/mol. The van der Waals surface area contributed by atoms with E-state index in [1.54, 1.807) is 12.1 Å². The number of esters is 1. The molecule has 2 aromatic rings. The number of nitrogens with zero attached hydrogens (tertiary/aromatic N) is 1. The minimum atomic E-state index is -0.910. The van der Waals surface area contributed by atoms with Gasteiger partial charge in [0.05, 0.1) is 10.8 Å². The highest BCUT2D eigenvalue weighted by Gasteiger charge is 2.18. The topological polar surface area (TPSA) is 68.3 Å². The summed E-state index contributed by atoms with van der Waals surface area (Å²) in [5, 5.41) is 3.04. The van der Waals surface area contributed by atoms with Gasteiger partial charge in [-0.3, -0.25) is 9.59 Å². The van der Waals surface area contributed by atoms with E-state index >= 15 is 0 Å². The summed E-state index contributed by atoms with van der Waals surface area (Å²) in [5.74, 6) is -0.405. The summed E-state index contributed by atoms with van der Waals surface area (Å²) in [6.07, 6.45) is 0.514. The van der Waals surface area contributed by atoms with Crippen LogP contribution < -0.4 is 5.32 Å². The van der Waals surface area contributed by atoms with Crippen LogP contribution in [-0.4, -0.2) is 28.7 Å². The molecule has 2 rings (SSSR count). The van der Waals surface area contributed by atoms with Crippen molar-refractivity contribution in [1.82, 2.24) is 4.98 Å². The lowest BCUT2D eigenvalue weighted by molar-refractivity contribution is -0.150. The zero-order valence-electron chi connectivity index (χ0n) is 13.3. The first-order valence-electron chi connectivity index (χ1n) is 7.26. The molecule has 0 aliphatic rings. The van der Waals surface area contributed by atoms with Crippen LogP contribution in [0, 0.1) is 6.92 Å². The van der Waals surface area contributed by atoms with Gasteiger partial charge < -0.3 is 10.1 Å². The lowest BCUT2D eigenvalue weighted by Crippen LogP contribution is -2.30. The fourth-order valence-electron chi connectivity index (χ4n) is 1.82. The van der Waals surface area contributed by atoms with Crippen molar-refractivity contribution < 1.29 is 14.3 Å². The summed E-state index contributed by atoms with van der Waals surface area (Å²) in [7, 11) is 0. The predicted molar refractivity (Wildman–Crippen MR) is 95.3 cm³/mol. The molecule has 0 aliphatic carbocycles. The van der Waals surface area contributed by atoms with E-state index in [-0.39, 0.29) is 5.75 Å². The van der Waals surface area contributed by atoms with Gasteiger partial charge in [0.2, 0.25) is 0 Å². The molecule has 0 radical (unpaired) electrons. The lowest BCUT2D eigenvalue weighted by Gasteiger charge is -2.13. The summed E-state index contributed by atoms with van der Waals surface area (Å²) < 4.78 is 5.14. The first kappa shape index (κ1) is 18.3. The van der Waals surface area contributed by atoms with Crippen molar-refractivity contribution >= 4 is 41.1 Å². The number of hydrogen-bond donors (Lipinski definition) is 1. The Morgan fingerprint density at radius 3 is 2.71 bits per heavy atom. The number of aryl methyl sites for hydroxylation is 1. The van der Waals surface area contributed by atoms with Gasteiger partial charge >= 0.3 is 5.97 Å². The minimum Gasteiger partial charge on any atom is -0.452 e. The molecule has 0 unspecified atom stereocenters. The molecule has 1 N–H and O–H groups in total. The van der Waals surface area contributed by atoms with E-state index < -0.39 is 18.0 Å². The molecule has 0 fully saturated rings. The maximum absolute atomic E-state index is 12.0. The van der Waals surface area contributed by atoms with Crippen molar-refractivity contribution in [2.24, 2.45) is 0 Å². The van der Waals surface area contributed by atoms with Gasteiger partial charge in [0.25, 0.3) is 5.91 Å². The third-order valence-corrected chi connectivity index (χ3v) is 4.47. The molecule has 1 aromatic heterocycles. The van der Waals surface area contributed by atoms with Crippen molar-refractivity contribution in [3.63, 3.8) is 0 Å². The summed E-state index contributed by atoms with van der Waals surface area (Å²) in [6, 6.07) is 11.0. The molecule has 0 aliphatic heterocycles. The van der Waals surface area contributed by atoms with Crippen LogP contribution in [0.2, 0.25) is 5.02 Å². The molecule has 1 heterocycles. The second kappa shape index (κ2) is 8.70. The molecule has 1 atom stereocenters. The van der Waals surface area contributed by atoms with Crippen LogP contribution in [0.25, 0.3) is 0 Å². The van der Waals surface area contributed by atoms with Gasteiger partial charge in [-0.15, -0.1) is 11.8 Å². The molecule has 5 nitrogen and oxygen atoms in total. The zero-order valence-corrected chi connectivity index (χ0v) is 14.9. The molecule has 0 spiro atoms. The fourth-order valence-corrected chi connectivity index (χ4v) is 2.74. The van der Waals surface area contributed by atoms with Crippen LogP contribution in [0.15, 0.2) is 47.5 Å². The van der Waals surface area contributed by atoms with E-state index in [0.717, 1.165) is 10.5 Å². The summed E-state index contributed by atoms with van der Waals surface area (Å²) in [6.45, 7) is 3.49. The first-order chi connectivity index (χ1) is 11.5. The van der Waals surface area contributed by atoms with Crippen molar-refractivity contribution in [3.8, 4) is 0 Å². The molecule has 1 aromatic carbocycles. The van der Waals surface area contributed by atoms with Crippen LogP contribution in [0.3, 0.4) is 0 Å². The second-order valence-electron chi connectivity index (χ2n) is 5.04. The average Bonchev–Trinajstić information content (AvgIpc) is 2.56. The van der Waals surface area contributed by atoms with Gasteiger partial charge in [-0.05, 0) is 37.6 Å². The molecule has 24 heavy (non-hydrogen) atoms. The molecular weight excluding hydrogens is 348 g/mol. The summed E-state index contributed by atoms with van der Waals surface area (Å²) >= 11 is 7.11. The van der Waals surface area contributed by atoms with Gasteiger partial charge in [-0.1, -0.05) is 29.8 Å². The standard InChI is InChI=1S/C17H17ClN2O3S/c1-11-5-3-4-6-14(11)24-10-16(21)23-12(2)17(22)20-15-8-7-13(18)9-19-15/h3-9,12H,10H2,1-2H3,(H,19,20,22)/t12-/m0/s1. The Bertz CT molecular complexity index is 722. The zero-order chi connectivity index (χ0) is 17.5. The van der Waals surface area contributed by atoms with Crippen molar-refractivity contribution in [1.29, 1.82) is 0 Å². The number of halogens is 1. The molecule has 0 saturated carbocycles. The SMILES string of the molecule is Cc1ccccc1SCC(=O)O[C@@H](C)C(=O)Nc1ccc(Cl)cn1. The summed E-state index contributed by atoms with van der Waals surface area (Å²) in [5.41, 5.74) is 1.09. The number of benzene rings is 1. The van der Waals surface area contributed by atoms with E-state index in [0.29, 0.717) is 10.8 Å². The minimum absolute atomic E-state index is 0.141. The number of anilines is 1. The number of pyridine rings is 1. The third-order valence-electron chi connectivity index (χ3n) is 3.10. The number of hydrogen-bond acceptors (Lipinski definition) is 5. The number of ether oxygens (including phenoxy) is 1. The maximum atomic E-state index is 12.0. The second-order valence-corrected chi connectivity index (χ2v) is 6.49. The number of carbonyl (C=O) groups excluding carboxylic acids is 2. The summed E-state index contributed by atoms with van der Waals surface area (Å²) in [4.78, 5) is 28.8. The fraction of sp³-hybridized carbons (Fsp3) is 0.235. The lowest BCUT2D eigenvalue weighted by atomic mass is 10.2. The molecule has 7 heteroatoms. The van der Waals surface area contributed by atoms with E-state index in [1.165, 1.54) is 24.9 Å². The molecule has 126 valence electrons. The number of nitrogens with one attached hydrogen (secondary N) is 1. The van der Waals surface area contributed by atoms with Crippen molar-refractivity contribution in [2.45, 2.75) is 24.8 Å². The van der Waals surface area contributed by atoms with Crippen LogP contribution in [-0.2, 0) is 14.3 Å². The van der Waals surface area contributed by atoms with Crippen LogP contribution in [0.5, 0.6) is 0 Å². The highest BCUT2D eigenvalue weighted by molar-refractivity contribution is 8.00. The van der Waals surface area contributed by atoms with E-state index in [9.17, 15) is 9.59 Å². The number of aromatic nitrogens is 1. The monoisotopic (exact) mass is 364 g/mol. The number of amides is 1. The number of carbonyl (C=O) groups is 2. The van der Waals surface area contributed by atoms with E-state index in [1.807, 2.05) is 31.2 Å². The maximum Gasteiger partial charge on any atom is 0.317 e. The van der Waals surface area contributed by atoms with Gasteiger partial charge in [-0.2, -0.15) is 0 Å². The van der Waals surface area contributed by atoms with Gasteiger partial charge in [0.1, 0.15) is 5.82 Å². The molecule has 1 amide bonds. The van der Waals surface area contributed by atoms with Crippen LogP contribution in [0.4, 0.5) is 5.82 Å². The van der Waals surface area contributed by atoms with E-state index in [2.05, 4.69) is 10.3 Å². The largest absolute Gasteiger partial charge is 0.452 e. The number of rotatable bonds is 6. The molecular formula is C17H17ClN2O3S. The van der Waals surface area contributed by atoms with Crippen molar-refractivity contribution in [3.05, 3.63) is 53.2 Å². The Balaban J connectivity index is 1.81. The Morgan fingerprint density at radius 1 is 1.29 bits per heavy atom. The Hall–Kier alpha value is -2.05. The smallest absolute Gasteiger partial charge is 0.317 e. The highest BCUT2D eigenvalue weighted by Crippen LogP contribution is 2.21. The quantitative estimate of drug-likeness (QED) is 0.625. The number of thioether (sulfide) groups is 1. The highest BCUT2D eigenvalue weighted by atomic mass is 35.5. The molecule has 0 saturated heterocycles. The van der Waals surface area contributed by atoms with Crippen LogP contribution >= 0.6 is 23.4 Å². The van der Waals surface area contributed by atoms with Crippen LogP contribution in [0.1, 0.15) is 12.5 Å². The Labute approximate surface area is 149 Å². The predicted octanol–water partition coefficient (Wildman–Crippen LogP) is 3.71. The van der Waals surface area contributed by atoms with Gasteiger partial charge in [-0.25, -0.2) is 4.98 Å². The van der Waals surface area contributed by atoms with E-state index in [4.69, 9.17) is 16.3 Å².